The molecule has 0 aliphatic heterocycles. The van der Waals surface area contributed by atoms with Gasteiger partial charge in [0.15, 0.2) is 0 Å². The van der Waals surface area contributed by atoms with Crippen LogP contribution in [0.25, 0.3) is 10.9 Å². The third kappa shape index (κ3) is 1.59. The summed E-state index contributed by atoms with van der Waals surface area (Å²) in [7, 11) is 1.64. The molecule has 80 valence electrons. The molecule has 3 heteroatoms. The summed E-state index contributed by atoms with van der Waals surface area (Å²) in [5.74, 6) is 0.739. The molecule has 0 fully saturated rings. The summed E-state index contributed by atoms with van der Waals surface area (Å²) in [6.45, 7) is 4.17. The highest BCUT2D eigenvalue weighted by atomic mass is 35.5. The molecule has 0 atom stereocenters. The normalized spacial score (nSPS) is 10.9. The van der Waals surface area contributed by atoms with E-state index in [4.69, 9.17) is 16.3 Å². The van der Waals surface area contributed by atoms with E-state index in [1.165, 1.54) is 5.69 Å². The first-order chi connectivity index (χ1) is 7.17. The van der Waals surface area contributed by atoms with Gasteiger partial charge in [0.05, 0.1) is 17.6 Å². The van der Waals surface area contributed by atoms with Crippen LogP contribution in [0.1, 0.15) is 18.2 Å². The van der Waals surface area contributed by atoms with E-state index in [9.17, 15) is 0 Å². The summed E-state index contributed by atoms with van der Waals surface area (Å²) in [5.41, 5.74) is 3.46. The lowest BCUT2D eigenvalue weighted by atomic mass is 10.1. The first-order valence-corrected chi connectivity index (χ1v) is 5.39. The maximum absolute atomic E-state index is 6.24. The van der Waals surface area contributed by atoms with Crippen molar-refractivity contribution in [2.24, 2.45) is 0 Å². The molecule has 0 saturated heterocycles. The number of aryl methyl sites for hydroxylation is 2. The molecule has 0 amide bonds. The number of methoxy groups -OCH3 is 1. The molecule has 2 rings (SSSR count). The molecular formula is C12H14ClNO. The first-order valence-electron chi connectivity index (χ1n) is 5.02. The Morgan fingerprint density at radius 2 is 2.13 bits per heavy atom. The molecule has 0 bridgehead atoms. The number of fused-ring (bicyclic) bond motifs is 1. The Hall–Kier alpha value is -1.15. The fraction of sp³-hybridized carbons (Fsp3) is 0.333. The third-order valence-corrected chi connectivity index (χ3v) is 3.06. The Bertz CT molecular complexity index is 502. The number of nitrogens with one attached hydrogen (secondary N) is 1. The van der Waals surface area contributed by atoms with Gasteiger partial charge in [-0.3, -0.25) is 0 Å². The minimum Gasteiger partial charge on any atom is -0.495 e. The van der Waals surface area contributed by atoms with Gasteiger partial charge in [0.1, 0.15) is 5.75 Å². The predicted octanol–water partition coefficient (Wildman–Crippen LogP) is 3.70. The minimum absolute atomic E-state index is 0.689. The predicted molar refractivity (Wildman–Crippen MR) is 64.0 cm³/mol. The minimum atomic E-state index is 0.689. The number of halogens is 1. The second kappa shape index (κ2) is 3.78. The molecule has 2 aromatic rings. The summed E-state index contributed by atoms with van der Waals surface area (Å²) < 4.78 is 5.23. The van der Waals surface area contributed by atoms with E-state index in [0.717, 1.165) is 28.6 Å². The van der Waals surface area contributed by atoms with Gasteiger partial charge in [-0.05, 0) is 31.0 Å². The van der Waals surface area contributed by atoms with Gasteiger partial charge in [0, 0.05) is 11.1 Å². The lowest BCUT2D eigenvalue weighted by Gasteiger charge is -2.05. The number of aromatic amines is 1. The number of benzene rings is 1. The van der Waals surface area contributed by atoms with E-state index in [2.05, 4.69) is 24.9 Å². The van der Waals surface area contributed by atoms with Gasteiger partial charge in [-0.2, -0.15) is 0 Å². The van der Waals surface area contributed by atoms with Crippen LogP contribution < -0.4 is 4.74 Å². The highest BCUT2D eigenvalue weighted by Crippen LogP contribution is 2.35. The smallest absolute Gasteiger partial charge is 0.138 e. The molecule has 1 N–H and O–H groups in total. The van der Waals surface area contributed by atoms with Crippen molar-refractivity contribution in [3.05, 3.63) is 28.4 Å². The highest BCUT2D eigenvalue weighted by molar-refractivity contribution is 6.37. The Morgan fingerprint density at radius 3 is 2.73 bits per heavy atom. The summed E-state index contributed by atoms with van der Waals surface area (Å²) >= 11 is 6.24. The largest absolute Gasteiger partial charge is 0.495 e. The van der Waals surface area contributed by atoms with E-state index in [0.29, 0.717) is 5.02 Å². The van der Waals surface area contributed by atoms with Crippen LogP contribution in [0.3, 0.4) is 0 Å². The van der Waals surface area contributed by atoms with E-state index in [1.807, 2.05) is 6.07 Å². The average molecular weight is 224 g/mol. The zero-order valence-corrected chi connectivity index (χ0v) is 9.90. The van der Waals surface area contributed by atoms with Gasteiger partial charge in [-0.1, -0.05) is 18.5 Å². The number of H-pyrrole nitrogens is 1. The maximum Gasteiger partial charge on any atom is 0.138 e. The maximum atomic E-state index is 6.24. The van der Waals surface area contributed by atoms with Gasteiger partial charge >= 0.3 is 0 Å². The molecule has 1 aromatic carbocycles. The molecule has 2 nitrogen and oxygen atoms in total. The van der Waals surface area contributed by atoms with Crippen molar-refractivity contribution in [2.45, 2.75) is 20.3 Å². The van der Waals surface area contributed by atoms with Crippen molar-refractivity contribution in [3.63, 3.8) is 0 Å². The van der Waals surface area contributed by atoms with Crippen molar-refractivity contribution in [3.8, 4) is 5.75 Å². The summed E-state index contributed by atoms with van der Waals surface area (Å²) in [6.07, 6.45) is 0.979. The van der Waals surface area contributed by atoms with Crippen LogP contribution >= 0.6 is 11.6 Å². The van der Waals surface area contributed by atoms with Gasteiger partial charge in [-0.15, -0.1) is 0 Å². The second-order valence-electron chi connectivity index (χ2n) is 3.65. The van der Waals surface area contributed by atoms with E-state index < -0.39 is 0 Å². The van der Waals surface area contributed by atoms with Gasteiger partial charge in [0.25, 0.3) is 0 Å². The fourth-order valence-corrected chi connectivity index (χ4v) is 2.08. The number of hydrogen-bond acceptors (Lipinski definition) is 1. The van der Waals surface area contributed by atoms with Crippen LogP contribution in [0.2, 0.25) is 5.02 Å². The van der Waals surface area contributed by atoms with Crippen LogP contribution in [-0.2, 0) is 6.42 Å². The third-order valence-electron chi connectivity index (χ3n) is 2.67. The number of hydrogen-bond donors (Lipinski definition) is 1. The van der Waals surface area contributed by atoms with Crippen molar-refractivity contribution in [1.82, 2.24) is 4.98 Å². The summed E-state index contributed by atoms with van der Waals surface area (Å²) in [5, 5.41) is 1.74. The Labute approximate surface area is 94.2 Å². The zero-order chi connectivity index (χ0) is 11.0. The van der Waals surface area contributed by atoms with Crippen molar-refractivity contribution in [1.29, 1.82) is 0 Å². The van der Waals surface area contributed by atoms with E-state index in [1.54, 1.807) is 7.11 Å². The molecule has 1 heterocycles. The van der Waals surface area contributed by atoms with E-state index in [-0.39, 0.29) is 0 Å². The lowest BCUT2D eigenvalue weighted by Crippen LogP contribution is -1.86. The Morgan fingerprint density at radius 1 is 1.40 bits per heavy atom. The molecular weight excluding hydrogens is 210 g/mol. The van der Waals surface area contributed by atoms with Crippen LogP contribution in [0.5, 0.6) is 5.75 Å². The molecule has 0 spiro atoms. The zero-order valence-electron chi connectivity index (χ0n) is 9.15. The summed E-state index contributed by atoms with van der Waals surface area (Å²) in [4.78, 5) is 3.37. The van der Waals surface area contributed by atoms with Crippen LogP contribution in [0.15, 0.2) is 12.1 Å². The van der Waals surface area contributed by atoms with Crippen LogP contribution in [0.4, 0.5) is 0 Å². The van der Waals surface area contributed by atoms with Crippen molar-refractivity contribution < 1.29 is 4.74 Å². The monoisotopic (exact) mass is 223 g/mol. The number of aromatic nitrogens is 1. The van der Waals surface area contributed by atoms with Crippen molar-refractivity contribution >= 4 is 22.5 Å². The summed E-state index contributed by atoms with van der Waals surface area (Å²) in [6, 6.07) is 4.05. The molecule has 0 aliphatic rings. The average Bonchev–Trinajstić information content (AvgIpc) is 2.68. The standard InChI is InChI=1S/C12H14ClNO/c1-4-8-6-9-11(13)10(15-3)5-7(2)12(9)14-8/h5-6,14H,4H2,1-3H3. The van der Waals surface area contributed by atoms with Gasteiger partial charge in [0.2, 0.25) is 0 Å². The molecule has 0 radical (unpaired) electrons. The number of rotatable bonds is 2. The molecule has 0 saturated carbocycles. The fourth-order valence-electron chi connectivity index (χ4n) is 1.80. The molecule has 1 aromatic heterocycles. The first kappa shape index (κ1) is 10.4. The van der Waals surface area contributed by atoms with Crippen LogP contribution in [0, 0.1) is 6.92 Å². The second-order valence-corrected chi connectivity index (χ2v) is 4.02. The van der Waals surface area contributed by atoms with Crippen LogP contribution in [-0.4, -0.2) is 12.1 Å². The quantitative estimate of drug-likeness (QED) is 0.825. The van der Waals surface area contributed by atoms with Gasteiger partial charge < -0.3 is 9.72 Å². The number of ether oxygens (including phenoxy) is 1. The topological polar surface area (TPSA) is 25.0 Å². The van der Waals surface area contributed by atoms with Crippen molar-refractivity contribution in [2.75, 3.05) is 7.11 Å². The Kier molecular flexibility index (Phi) is 2.61. The van der Waals surface area contributed by atoms with E-state index >= 15 is 0 Å². The van der Waals surface area contributed by atoms with Gasteiger partial charge in [-0.25, -0.2) is 0 Å². The molecule has 15 heavy (non-hydrogen) atoms. The molecule has 0 unspecified atom stereocenters. The lowest BCUT2D eigenvalue weighted by molar-refractivity contribution is 0.415. The SMILES string of the molecule is CCc1cc2c(Cl)c(OC)cc(C)c2[nH]1. The Balaban J connectivity index is 2.78. The highest BCUT2D eigenvalue weighted by Gasteiger charge is 2.11. The molecule has 0 aliphatic carbocycles.